The molecule has 0 unspecified atom stereocenters. The van der Waals surface area contributed by atoms with E-state index in [1.54, 1.807) is 6.07 Å². The van der Waals surface area contributed by atoms with Gasteiger partial charge >= 0.3 is 0 Å². The zero-order valence-corrected chi connectivity index (χ0v) is 14.6. The van der Waals surface area contributed by atoms with Crippen LogP contribution in [0, 0.1) is 17.3 Å². The summed E-state index contributed by atoms with van der Waals surface area (Å²) in [6.07, 6.45) is 3.91. The quantitative estimate of drug-likeness (QED) is 0.606. The molecule has 114 valence electrons. The van der Waals surface area contributed by atoms with E-state index in [0.717, 1.165) is 24.0 Å². The van der Waals surface area contributed by atoms with Gasteiger partial charge < -0.3 is 0 Å². The second kappa shape index (κ2) is 6.14. The van der Waals surface area contributed by atoms with Crippen molar-refractivity contribution in [2.75, 3.05) is 0 Å². The molecule has 0 bridgehead atoms. The van der Waals surface area contributed by atoms with Gasteiger partial charge in [0.1, 0.15) is 0 Å². The van der Waals surface area contributed by atoms with Gasteiger partial charge in [0, 0.05) is 5.41 Å². The Hall–Kier alpha value is -0.790. The predicted octanol–water partition coefficient (Wildman–Crippen LogP) is 6.04. The van der Waals surface area contributed by atoms with E-state index in [1.165, 1.54) is 0 Å². The molecule has 2 rings (SSSR count). The molecule has 2 atom stereocenters. The van der Waals surface area contributed by atoms with Crippen LogP contribution in [0.1, 0.15) is 46.1 Å². The van der Waals surface area contributed by atoms with Gasteiger partial charge in [-0.3, -0.25) is 4.79 Å². The average molecular weight is 325 g/mol. The highest BCUT2D eigenvalue weighted by atomic mass is 35.5. The van der Waals surface area contributed by atoms with E-state index in [9.17, 15) is 4.79 Å². The van der Waals surface area contributed by atoms with Crippen molar-refractivity contribution in [3.8, 4) is 0 Å². The van der Waals surface area contributed by atoms with E-state index in [-0.39, 0.29) is 17.1 Å². The van der Waals surface area contributed by atoms with Crippen molar-refractivity contribution in [1.29, 1.82) is 0 Å². The minimum atomic E-state index is -0.274. The summed E-state index contributed by atoms with van der Waals surface area (Å²) in [6, 6.07) is 5.53. The number of carbonyl (C=O) groups is 1. The Bertz CT molecular complexity index is 589. The normalized spacial score (nSPS) is 28.4. The lowest BCUT2D eigenvalue weighted by molar-refractivity contribution is -0.129. The first-order chi connectivity index (χ1) is 9.77. The SMILES string of the molecule is CC(C)[C@]1(C)CC[C@H](C)C(=Cc2cccc(Cl)c2Cl)C1=O. The summed E-state index contributed by atoms with van der Waals surface area (Å²) < 4.78 is 0. The van der Waals surface area contributed by atoms with Gasteiger partial charge in [0.25, 0.3) is 0 Å². The van der Waals surface area contributed by atoms with Crippen molar-refractivity contribution in [3.63, 3.8) is 0 Å². The molecule has 1 saturated carbocycles. The fourth-order valence-electron chi connectivity index (χ4n) is 2.90. The molecule has 0 aliphatic heterocycles. The van der Waals surface area contributed by atoms with E-state index >= 15 is 0 Å². The number of benzene rings is 1. The maximum atomic E-state index is 13.0. The van der Waals surface area contributed by atoms with Crippen LogP contribution >= 0.6 is 23.2 Å². The second-order valence-electron chi connectivity index (χ2n) is 6.58. The van der Waals surface area contributed by atoms with Crippen LogP contribution in [0.25, 0.3) is 6.08 Å². The van der Waals surface area contributed by atoms with Crippen molar-refractivity contribution in [2.24, 2.45) is 17.3 Å². The first kappa shape index (κ1) is 16.6. The highest BCUT2D eigenvalue weighted by Crippen LogP contribution is 2.44. The summed E-state index contributed by atoms with van der Waals surface area (Å²) in [4.78, 5) is 13.0. The molecule has 1 fully saturated rings. The Morgan fingerprint density at radius 2 is 2.00 bits per heavy atom. The third kappa shape index (κ3) is 3.05. The topological polar surface area (TPSA) is 17.1 Å². The summed E-state index contributed by atoms with van der Waals surface area (Å²) >= 11 is 12.3. The Morgan fingerprint density at radius 3 is 2.62 bits per heavy atom. The molecule has 0 N–H and O–H groups in total. The summed E-state index contributed by atoms with van der Waals surface area (Å²) in [5, 5.41) is 1.04. The Kier molecular flexibility index (Phi) is 4.85. The Balaban J connectivity index is 2.47. The monoisotopic (exact) mass is 324 g/mol. The molecule has 3 heteroatoms. The van der Waals surface area contributed by atoms with Gasteiger partial charge in [-0.1, -0.05) is 63.0 Å². The van der Waals surface area contributed by atoms with E-state index < -0.39 is 0 Å². The standard InChI is InChI=1S/C18H22Cl2O/c1-11(2)18(4)9-8-12(3)14(17(18)21)10-13-6-5-7-15(19)16(13)20/h5-7,10-12H,8-9H2,1-4H3/t12-,18-/m0/s1. The van der Waals surface area contributed by atoms with Crippen LogP contribution in [0.2, 0.25) is 10.0 Å². The number of Topliss-reactive ketones (excluding diaryl/α,β-unsaturated/α-hetero) is 1. The molecule has 1 aromatic carbocycles. The molecule has 0 spiro atoms. The second-order valence-corrected chi connectivity index (χ2v) is 7.37. The van der Waals surface area contributed by atoms with E-state index in [2.05, 4.69) is 27.7 Å². The van der Waals surface area contributed by atoms with Gasteiger partial charge in [0.15, 0.2) is 5.78 Å². The van der Waals surface area contributed by atoms with Crippen molar-refractivity contribution in [2.45, 2.75) is 40.5 Å². The molecule has 0 aromatic heterocycles. The van der Waals surface area contributed by atoms with Crippen molar-refractivity contribution in [3.05, 3.63) is 39.4 Å². The lowest BCUT2D eigenvalue weighted by Gasteiger charge is -2.39. The molecule has 0 heterocycles. The molecule has 0 saturated heterocycles. The number of hydrogen-bond donors (Lipinski definition) is 0. The van der Waals surface area contributed by atoms with Gasteiger partial charge in [-0.15, -0.1) is 0 Å². The number of allylic oxidation sites excluding steroid dienone is 1. The number of rotatable bonds is 2. The number of halogens is 2. The minimum absolute atomic E-state index is 0.257. The summed E-state index contributed by atoms with van der Waals surface area (Å²) in [7, 11) is 0. The Labute approximate surface area is 137 Å². The van der Waals surface area contributed by atoms with E-state index in [0.29, 0.717) is 16.0 Å². The average Bonchev–Trinajstić information content (AvgIpc) is 2.43. The van der Waals surface area contributed by atoms with Gasteiger partial charge in [0.2, 0.25) is 0 Å². The summed E-state index contributed by atoms with van der Waals surface area (Å²) in [5.74, 6) is 0.849. The summed E-state index contributed by atoms with van der Waals surface area (Å²) in [6.45, 7) is 8.44. The first-order valence-corrected chi connectivity index (χ1v) is 8.23. The van der Waals surface area contributed by atoms with E-state index in [1.807, 2.05) is 18.2 Å². The van der Waals surface area contributed by atoms with Crippen LogP contribution in [0.5, 0.6) is 0 Å². The molecule has 21 heavy (non-hydrogen) atoms. The van der Waals surface area contributed by atoms with E-state index in [4.69, 9.17) is 23.2 Å². The van der Waals surface area contributed by atoms with Crippen molar-refractivity contribution >= 4 is 35.1 Å². The summed E-state index contributed by atoms with van der Waals surface area (Å²) in [5.41, 5.74) is 1.43. The zero-order valence-electron chi connectivity index (χ0n) is 13.0. The number of ketones is 1. The molecule has 1 aliphatic rings. The smallest absolute Gasteiger partial charge is 0.165 e. The first-order valence-electron chi connectivity index (χ1n) is 7.47. The van der Waals surface area contributed by atoms with Crippen LogP contribution < -0.4 is 0 Å². The number of carbonyl (C=O) groups excluding carboxylic acids is 1. The van der Waals surface area contributed by atoms with Gasteiger partial charge in [-0.05, 0) is 48.0 Å². The predicted molar refractivity (Wildman–Crippen MR) is 90.8 cm³/mol. The number of hydrogen-bond acceptors (Lipinski definition) is 1. The van der Waals surface area contributed by atoms with Crippen LogP contribution in [0.4, 0.5) is 0 Å². The molecular weight excluding hydrogens is 303 g/mol. The molecule has 1 nitrogen and oxygen atoms in total. The van der Waals surface area contributed by atoms with Crippen LogP contribution in [-0.2, 0) is 4.79 Å². The largest absolute Gasteiger partial charge is 0.294 e. The van der Waals surface area contributed by atoms with Gasteiger partial charge in [-0.2, -0.15) is 0 Å². The fraction of sp³-hybridized carbons (Fsp3) is 0.500. The third-order valence-electron chi connectivity index (χ3n) is 4.98. The van der Waals surface area contributed by atoms with Gasteiger partial charge in [0.05, 0.1) is 10.0 Å². The fourth-order valence-corrected chi connectivity index (χ4v) is 3.26. The molecular formula is C18H22Cl2O. The van der Waals surface area contributed by atoms with Crippen LogP contribution in [0.3, 0.4) is 0 Å². The molecule has 1 aliphatic carbocycles. The lowest BCUT2D eigenvalue weighted by Crippen LogP contribution is -2.40. The Morgan fingerprint density at radius 1 is 1.33 bits per heavy atom. The molecule has 0 amide bonds. The highest BCUT2D eigenvalue weighted by molar-refractivity contribution is 6.43. The molecule has 0 radical (unpaired) electrons. The maximum Gasteiger partial charge on any atom is 0.165 e. The van der Waals surface area contributed by atoms with Crippen LogP contribution in [-0.4, -0.2) is 5.78 Å². The van der Waals surface area contributed by atoms with Crippen molar-refractivity contribution in [1.82, 2.24) is 0 Å². The highest BCUT2D eigenvalue weighted by Gasteiger charge is 2.42. The minimum Gasteiger partial charge on any atom is -0.294 e. The third-order valence-corrected chi connectivity index (χ3v) is 5.81. The van der Waals surface area contributed by atoms with Crippen molar-refractivity contribution < 1.29 is 4.79 Å². The lowest BCUT2D eigenvalue weighted by atomic mass is 9.63. The molecule has 1 aromatic rings. The zero-order chi connectivity index (χ0) is 15.8. The maximum absolute atomic E-state index is 13.0. The van der Waals surface area contributed by atoms with Crippen LogP contribution in [0.15, 0.2) is 23.8 Å². The van der Waals surface area contributed by atoms with Gasteiger partial charge in [-0.25, -0.2) is 0 Å².